The second-order valence-electron chi connectivity index (χ2n) is 3.02. The van der Waals surface area contributed by atoms with Gasteiger partial charge < -0.3 is 10.5 Å². The molecule has 1 aromatic carbocycles. The second-order valence-corrected chi connectivity index (χ2v) is 3.02. The fourth-order valence-electron chi connectivity index (χ4n) is 1.17. The molecule has 0 atom stereocenters. The Morgan fingerprint density at radius 1 is 1.07 bits per heavy atom. The number of benzene rings is 1. The van der Waals surface area contributed by atoms with Crippen LogP contribution in [0.15, 0.2) is 42.7 Å². The van der Waals surface area contributed by atoms with E-state index in [4.69, 9.17) is 10.5 Å². The molecule has 0 amide bonds. The molecule has 15 heavy (non-hydrogen) atoms. The highest BCUT2D eigenvalue weighted by atomic mass is 16.5. The van der Waals surface area contributed by atoms with Crippen molar-refractivity contribution in [1.82, 2.24) is 9.97 Å². The van der Waals surface area contributed by atoms with Crippen molar-refractivity contribution >= 4 is 5.82 Å². The molecule has 0 spiro atoms. The maximum Gasteiger partial charge on any atom is 0.257 e. The zero-order chi connectivity index (χ0) is 10.5. The summed E-state index contributed by atoms with van der Waals surface area (Å²) in [6, 6.07) is 9.83. The quantitative estimate of drug-likeness (QED) is 0.820. The molecule has 76 valence electrons. The summed E-state index contributed by atoms with van der Waals surface area (Å²) in [5.41, 5.74) is 6.66. The first kappa shape index (κ1) is 9.45. The standard InChI is InChI=1S/C11H11N3O/c12-10-11(14-7-6-13-10)15-8-9-4-2-1-3-5-9/h1-7H,8H2,(H2,12,13). The molecule has 0 saturated carbocycles. The Kier molecular flexibility index (Phi) is 2.78. The van der Waals surface area contributed by atoms with Crippen LogP contribution in [0.2, 0.25) is 0 Å². The van der Waals surface area contributed by atoms with Gasteiger partial charge in [-0.2, -0.15) is 0 Å². The average Bonchev–Trinajstić information content (AvgIpc) is 2.29. The Labute approximate surface area is 87.7 Å². The zero-order valence-electron chi connectivity index (χ0n) is 8.13. The number of hydrogen-bond acceptors (Lipinski definition) is 4. The van der Waals surface area contributed by atoms with Crippen LogP contribution in [0, 0.1) is 0 Å². The monoisotopic (exact) mass is 201 g/mol. The van der Waals surface area contributed by atoms with E-state index in [1.165, 1.54) is 6.20 Å². The van der Waals surface area contributed by atoms with E-state index < -0.39 is 0 Å². The van der Waals surface area contributed by atoms with E-state index in [0.29, 0.717) is 18.3 Å². The van der Waals surface area contributed by atoms with Crippen molar-refractivity contribution in [2.75, 3.05) is 5.73 Å². The molecule has 0 saturated heterocycles. The van der Waals surface area contributed by atoms with Crippen LogP contribution in [0.5, 0.6) is 5.88 Å². The van der Waals surface area contributed by atoms with Crippen LogP contribution in [-0.2, 0) is 6.61 Å². The molecule has 4 heteroatoms. The number of anilines is 1. The van der Waals surface area contributed by atoms with Gasteiger partial charge >= 0.3 is 0 Å². The molecule has 0 fully saturated rings. The van der Waals surface area contributed by atoms with Crippen LogP contribution < -0.4 is 10.5 Å². The molecule has 1 heterocycles. The van der Waals surface area contributed by atoms with Gasteiger partial charge in [-0.05, 0) is 5.56 Å². The fraction of sp³-hybridized carbons (Fsp3) is 0.0909. The highest BCUT2D eigenvalue weighted by Crippen LogP contribution is 2.14. The maximum absolute atomic E-state index is 5.59. The molecule has 0 unspecified atom stereocenters. The lowest BCUT2D eigenvalue weighted by Gasteiger charge is -2.05. The van der Waals surface area contributed by atoms with Gasteiger partial charge in [0.1, 0.15) is 6.61 Å². The number of rotatable bonds is 3. The summed E-state index contributed by atoms with van der Waals surface area (Å²) in [6.45, 7) is 0.448. The van der Waals surface area contributed by atoms with Crippen molar-refractivity contribution in [1.29, 1.82) is 0 Å². The number of nitrogens with zero attached hydrogens (tertiary/aromatic N) is 2. The molecule has 2 rings (SSSR count). The van der Waals surface area contributed by atoms with E-state index >= 15 is 0 Å². The first-order valence-corrected chi connectivity index (χ1v) is 4.59. The number of hydrogen-bond donors (Lipinski definition) is 1. The summed E-state index contributed by atoms with van der Waals surface area (Å²) in [5.74, 6) is 0.690. The van der Waals surface area contributed by atoms with E-state index in [1.807, 2.05) is 30.3 Å². The molecule has 0 aliphatic heterocycles. The zero-order valence-corrected chi connectivity index (χ0v) is 8.13. The minimum atomic E-state index is 0.313. The SMILES string of the molecule is Nc1nccnc1OCc1ccccc1. The Balaban J connectivity index is 2.03. The Hall–Kier alpha value is -2.10. The van der Waals surface area contributed by atoms with E-state index in [0.717, 1.165) is 5.56 Å². The lowest BCUT2D eigenvalue weighted by Crippen LogP contribution is -2.01. The summed E-state index contributed by atoms with van der Waals surface area (Å²) in [7, 11) is 0. The predicted octanol–water partition coefficient (Wildman–Crippen LogP) is 1.64. The van der Waals surface area contributed by atoms with Crippen molar-refractivity contribution in [3.8, 4) is 5.88 Å². The molecule has 2 N–H and O–H groups in total. The molecule has 1 aromatic heterocycles. The maximum atomic E-state index is 5.59. The molecule has 2 aromatic rings. The highest BCUT2D eigenvalue weighted by molar-refractivity contribution is 5.38. The largest absolute Gasteiger partial charge is 0.470 e. The van der Waals surface area contributed by atoms with Crippen LogP contribution in [0.1, 0.15) is 5.56 Å². The minimum Gasteiger partial charge on any atom is -0.470 e. The lowest BCUT2D eigenvalue weighted by atomic mass is 10.2. The van der Waals surface area contributed by atoms with Crippen LogP contribution in [-0.4, -0.2) is 9.97 Å². The van der Waals surface area contributed by atoms with Gasteiger partial charge in [-0.15, -0.1) is 0 Å². The van der Waals surface area contributed by atoms with E-state index in [-0.39, 0.29) is 0 Å². The molecule has 0 bridgehead atoms. The molecule has 0 aliphatic rings. The van der Waals surface area contributed by atoms with Gasteiger partial charge in [0.15, 0.2) is 5.82 Å². The van der Waals surface area contributed by atoms with E-state index in [9.17, 15) is 0 Å². The Morgan fingerprint density at radius 3 is 2.53 bits per heavy atom. The summed E-state index contributed by atoms with van der Waals surface area (Å²) in [6.07, 6.45) is 3.08. The molecule has 0 radical (unpaired) electrons. The van der Waals surface area contributed by atoms with Crippen LogP contribution in [0.4, 0.5) is 5.82 Å². The summed E-state index contributed by atoms with van der Waals surface area (Å²) >= 11 is 0. The smallest absolute Gasteiger partial charge is 0.257 e. The number of aromatic nitrogens is 2. The topological polar surface area (TPSA) is 61.0 Å². The Bertz CT molecular complexity index is 431. The first-order valence-electron chi connectivity index (χ1n) is 4.59. The highest BCUT2D eigenvalue weighted by Gasteiger charge is 2.01. The summed E-state index contributed by atoms with van der Waals surface area (Å²) in [4.78, 5) is 7.87. The van der Waals surface area contributed by atoms with Crippen LogP contribution >= 0.6 is 0 Å². The average molecular weight is 201 g/mol. The summed E-state index contributed by atoms with van der Waals surface area (Å²) < 4.78 is 5.42. The minimum absolute atomic E-state index is 0.313. The summed E-state index contributed by atoms with van der Waals surface area (Å²) in [5, 5.41) is 0. The van der Waals surface area contributed by atoms with Crippen LogP contribution in [0.25, 0.3) is 0 Å². The van der Waals surface area contributed by atoms with Gasteiger partial charge in [0.05, 0.1) is 0 Å². The lowest BCUT2D eigenvalue weighted by molar-refractivity contribution is 0.294. The van der Waals surface area contributed by atoms with Gasteiger partial charge in [-0.3, -0.25) is 0 Å². The molecular formula is C11H11N3O. The third kappa shape index (κ3) is 2.43. The fourth-order valence-corrected chi connectivity index (χ4v) is 1.17. The Morgan fingerprint density at radius 2 is 1.80 bits per heavy atom. The second kappa shape index (κ2) is 4.41. The molecule has 4 nitrogen and oxygen atoms in total. The van der Waals surface area contributed by atoms with Crippen molar-refractivity contribution in [2.45, 2.75) is 6.61 Å². The van der Waals surface area contributed by atoms with Crippen molar-refractivity contribution in [3.63, 3.8) is 0 Å². The first-order chi connectivity index (χ1) is 7.36. The third-order valence-electron chi connectivity index (χ3n) is 1.91. The van der Waals surface area contributed by atoms with Crippen molar-refractivity contribution in [3.05, 3.63) is 48.3 Å². The molecule has 0 aliphatic carbocycles. The van der Waals surface area contributed by atoms with Crippen molar-refractivity contribution in [2.24, 2.45) is 0 Å². The van der Waals surface area contributed by atoms with Crippen LogP contribution in [0.3, 0.4) is 0 Å². The number of ether oxygens (including phenoxy) is 1. The molecular weight excluding hydrogens is 190 g/mol. The van der Waals surface area contributed by atoms with Crippen molar-refractivity contribution < 1.29 is 4.74 Å². The van der Waals surface area contributed by atoms with Gasteiger partial charge in [0, 0.05) is 12.4 Å². The van der Waals surface area contributed by atoms with Gasteiger partial charge in [-0.25, -0.2) is 9.97 Å². The number of nitrogens with two attached hydrogens (primary N) is 1. The normalized spacial score (nSPS) is 9.87. The van der Waals surface area contributed by atoms with E-state index in [1.54, 1.807) is 6.20 Å². The third-order valence-corrected chi connectivity index (χ3v) is 1.91. The van der Waals surface area contributed by atoms with Gasteiger partial charge in [0.2, 0.25) is 0 Å². The predicted molar refractivity (Wildman–Crippen MR) is 57.2 cm³/mol. The van der Waals surface area contributed by atoms with Gasteiger partial charge in [0.25, 0.3) is 5.88 Å². The van der Waals surface area contributed by atoms with Gasteiger partial charge in [-0.1, -0.05) is 30.3 Å². The van der Waals surface area contributed by atoms with E-state index in [2.05, 4.69) is 9.97 Å². The number of nitrogen functional groups attached to an aromatic ring is 1.